The monoisotopic (exact) mass is 484 g/mol. The molecule has 35 heavy (non-hydrogen) atoms. The van der Waals surface area contributed by atoms with Crippen molar-refractivity contribution in [2.45, 2.75) is 38.0 Å². The lowest BCUT2D eigenvalue weighted by molar-refractivity contribution is -0.118. The standard InChI is InChI=1S/C29H28N2O3S/c1-34-28(33)26-18-35-29(30-26)31-27(32)25(17-19-7-2-3-8-19)22-15-13-21(14-16-22)24-12-6-10-20-9-4-5-11-23(20)24/h4-6,9-16,18-19,25H,2-3,7-8,17H2,1H3,(H,30,31,32). The maximum atomic E-state index is 13.4. The minimum Gasteiger partial charge on any atom is -0.464 e. The summed E-state index contributed by atoms with van der Waals surface area (Å²) in [5.41, 5.74) is 3.53. The summed E-state index contributed by atoms with van der Waals surface area (Å²) in [6.07, 6.45) is 5.61. The molecule has 0 spiro atoms. The number of hydrogen-bond acceptors (Lipinski definition) is 5. The van der Waals surface area contributed by atoms with Crippen molar-refractivity contribution in [1.82, 2.24) is 4.98 Å². The average Bonchev–Trinajstić information content (AvgIpc) is 3.59. The Morgan fingerprint density at radius 2 is 1.77 bits per heavy atom. The molecule has 178 valence electrons. The van der Waals surface area contributed by atoms with E-state index in [1.165, 1.54) is 60.5 Å². The van der Waals surface area contributed by atoms with E-state index in [0.29, 0.717) is 11.0 Å². The Balaban J connectivity index is 1.41. The van der Waals surface area contributed by atoms with Crippen LogP contribution in [-0.4, -0.2) is 24.0 Å². The summed E-state index contributed by atoms with van der Waals surface area (Å²) in [7, 11) is 1.32. The van der Waals surface area contributed by atoms with Gasteiger partial charge in [0.25, 0.3) is 0 Å². The van der Waals surface area contributed by atoms with Gasteiger partial charge < -0.3 is 10.1 Å². The van der Waals surface area contributed by atoms with Gasteiger partial charge in [-0.05, 0) is 39.8 Å². The maximum Gasteiger partial charge on any atom is 0.357 e. The molecule has 0 saturated heterocycles. The summed E-state index contributed by atoms with van der Waals surface area (Å²) in [5.74, 6) is -0.315. The molecule has 6 heteroatoms. The summed E-state index contributed by atoms with van der Waals surface area (Å²) < 4.78 is 4.73. The van der Waals surface area contributed by atoms with Crippen LogP contribution < -0.4 is 5.32 Å². The fourth-order valence-electron chi connectivity index (χ4n) is 5.07. The Labute approximate surface area is 209 Å². The van der Waals surface area contributed by atoms with E-state index in [1.807, 2.05) is 0 Å². The Kier molecular flexibility index (Phi) is 6.91. The molecule has 1 heterocycles. The van der Waals surface area contributed by atoms with Crippen molar-refractivity contribution in [3.8, 4) is 11.1 Å². The maximum absolute atomic E-state index is 13.4. The Morgan fingerprint density at radius 3 is 2.54 bits per heavy atom. The first-order chi connectivity index (χ1) is 17.1. The van der Waals surface area contributed by atoms with Gasteiger partial charge >= 0.3 is 5.97 Å². The number of nitrogens with zero attached hydrogens (tertiary/aromatic N) is 1. The van der Waals surface area contributed by atoms with Crippen LogP contribution in [0, 0.1) is 5.92 Å². The van der Waals surface area contributed by atoms with E-state index >= 15 is 0 Å². The molecule has 1 aliphatic rings. The number of thiazole rings is 1. The fourth-order valence-corrected chi connectivity index (χ4v) is 5.75. The highest BCUT2D eigenvalue weighted by Crippen LogP contribution is 2.36. The van der Waals surface area contributed by atoms with Gasteiger partial charge in [0.15, 0.2) is 10.8 Å². The second-order valence-electron chi connectivity index (χ2n) is 9.11. The SMILES string of the molecule is COC(=O)c1csc(NC(=O)C(CC2CCCC2)c2ccc(-c3cccc4ccccc34)cc2)n1. The number of methoxy groups -OCH3 is 1. The van der Waals surface area contributed by atoms with Gasteiger partial charge in [-0.2, -0.15) is 0 Å². The average molecular weight is 485 g/mol. The van der Waals surface area contributed by atoms with Crippen molar-refractivity contribution < 1.29 is 14.3 Å². The molecule has 1 amide bonds. The van der Waals surface area contributed by atoms with Crippen molar-refractivity contribution >= 4 is 39.1 Å². The number of esters is 1. The van der Waals surface area contributed by atoms with E-state index in [-0.39, 0.29) is 17.5 Å². The third kappa shape index (κ3) is 5.13. The second kappa shape index (κ2) is 10.4. The number of nitrogens with one attached hydrogen (secondary N) is 1. The number of amides is 1. The molecule has 0 radical (unpaired) electrons. The highest BCUT2D eigenvalue weighted by atomic mass is 32.1. The van der Waals surface area contributed by atoms with Crippen LogP contribution in [0.5, 0.6) is 0 Å². The van der Waals surface area contributed by atoms with Crippen molar-refractivity contribution in [3.63, 3.8) is 0 Å². The molecule has 0 aliphatic heterocycles. The quantitative estimate of drug-likeness (QED) is 0.285. The first-order valence-corrected chi connectivity index (χ1v) is 12.9. The molecule has 1 fully saturated rings. The van der Waals surface area contributed by atoms with E-state index in [1.54, 1.807) is 5.38 Å². The highest BCUT2D eigenvalue weighted by Gasteiger charge is 2.27. The minimum absolute atomic E-state index is 0.0828. The third-order valence-electron chi connectivity index (χ3n) is 6.90. The normalized spacial score (nSPS) is 14.7. The summed E-state index contributed by atoms with van der Waals surface area (Å²) in [4.78, 5) is 29.4. The van der Waals surface area contributed by atoms with Crippen molar-refractivity contribution in [3.05, 3.63) is 83.4 Å². The summed E-state index contributed by atoms with van der Waals surface area (Å²) >= 11 is 1.23. The predicted molar refractivity (Wildman–Crippen MR) is 141 cm³/mol. The van der Waals surface area contributed by atoms with Gasteiger partial charge in [-0.3, -0.25) is 4.79 Å². The zero-order valence-electron chi connectivity index (χ0n) is 19.7. The topological polar surface area (TPSA) is 68.3 Å². The Bertz CT molecular complexity index is 1330. The molecule has 0 bridgehead atoms. The van der Waals surface area contributed by atoms with Crippen LogP contribution in [-0.2, 0) is 9.53 Å². The van der Waals surface area contributed by atoms with Crippen LogP contribution in [0.3, 0.4) is 0 Å². The second-order valence-corrected chi connectivity index (χ2v) is 9.96. The van der Waals surface area contributed by atoms with Crippen LogP contribution in [0.15, 0.2) is 72.1 Å². The number of hydrogen-bond donors (Lipinski definition) is 1. The van der Waals surface area contributed by atoms with Gasteiger partial charge in [-0.1, -0.05) is 92.4 Å². The molecule has 1 saturated carbocycles. The van der Waals surface area contributed by atoms with Crippen LogP contribution in [0.4, 0.5) is 5.13 Å². The molecule has 1 atom stereocenters. The van der Waals surface area contributed by atoms with Gasteiger partial charge in [0.1, 0.15) is 0 Å². The van der Waals surface area contributed by atoms with Crippen LogP contribution in [0.2, 0.25) is 0 Å². The zero-order valence-corrected chi connectivity index (χ0v) is 20.5. The largest absolute Gasteiger partial charge is 0.464 e. The highest BCUT2D eigenvalue weighted by molar-refractivity contribution is 7.14. The molecule has 1 aromatic heterocycles. The molecule has 5 nitrogen and oxygen atoms in total. The number of anilines is 1. The molecular weight excluding hydrogens is 456 g/mol. The fraction of sp³-hybridized carbons (Fsp3) is 0.276. The first kappa shape index (κ1) is 23.2. The number of ether oxygens (including phenoxy) is 1. The van der Waals surface area contributed by atoms with E-state index in [0.717, 1.165) is 17.5 Å². The molecule has 1 aliphatic carbocycles. The summed E-state index contributed by atoms with van der Waals surface area (Å²) in [6, 6.07) is 23.1. The number of fused-ring (bicyclic) bond motifs is 1. The molecule has 3 aromatic carbocycles. The third-order valence-corrected chi connectivity index (χ3v) is 7.66. The van der Waals surface area contributed by atoms with Crippen molar-refractivity contribution in [2.75, 3.05) is 12.4 Å². The summed E-state index contributed by atoms with van der Waals surface area (Å²) in [6.45, 7) is 0. The van der Waals surface area contributed by atoms with Crippen molar-refractivity contribution in [2.24, 2.45) is 5.92 Å². The number of benzene rings is 3. The van der Waals surface area contributed by atoms with E-state index in [2.05, 4.69) is 77.0 Å². The minimum atomic E-state index is -0.506. The Morgan fingerprint density at radius 1 is 1.03 bits per heavy atom. The van der Waals surface area contributed by atoms with Crippen LogP contribution in [0.1, 0.15) is 54.1 Å². The number of carbonyl (C=O) groups excluding carboxylic acids is 2. The summed E-state index contributed by atoms with van der Waals surface area (Å²) in [5, 5.41) is 7.39. The first-order valence-electron chi connectivity index (χ1n) is 12.0. The lowest BCUT2D eigenvalue weighted by atomic mass is 9.86. The van der Waals surface area contributed by atoms with Crippen molar-refractivity contribution in [1.29, 1.82) is 0 Å². The van der Waals surface area contributed by atoms with E-state index in [9.17, 15) is 9.59 Å². The van der Waals surface area contributed by atoms with E-state index < -0.39 is 5.97 Å². The predicted octanol–water partition coefficient (Wildman–Crippen LogP) is 7.05. The molecule has 4 aromatic rings. The number of aromatic nitrogens is 1. The van der Waals surface area contributed by atoms with E-state index in [4.69, 9.17) is 4.74 Å². The molecular formula is C29H28N2O3S. The lowest BCUT2D eigenvalue weighted by Gasteiger charge is -2.20. The van der Waals surface area contributed by atoms with Gasteiger partial charge in [0.2, 0.25) is 5.91 Å². The number of carbonyl (C=O) groups is 2. The molecule has 1 unspecified atom stereocenters. The zero-order chi connectivity index (χ0) is 24.2. The smallest absolute Gasteiger partial charge is 0.357 e. The van der Waals surface area contributed by atoms with Gasteiger partial charge in [-0.25, -0.2) is 9.78 Å². The van der Waals surface area contributed by atoms with Crippen LogP contribution in [0.25, 0.3) is 21.9 Å². The lowest BCUT2D eigenvalue weighted by Crippen LogP contribution is -2.23. The molecule has 5 rings (SSSR count). The van der Waals surface area contributed by atoms with Gasteiger partial charge in [0.05, 0.1) is 13.0 Å². The number of rotatable bonds is 7. The van der Waals surface area contributed by atoms with Crippen LogP contribution >= 0.6 is 11.3 Å². The van der Waals surface area contributed by atoms with Gasteiger partial charge in [-0.15, -0.1) is 11.3 Å². The van der Waals surface area contributed by atoms with Gasteiger partial charge in [0, 0.05) is 5.38 Å². The molecule has 1 N–H and O–H groups in total. The Hall–Kier alpha value is -3.51.